The van der Waals surface area contributed by atoms with Gasteiger partial charge in [-0.1, -0.05) is 0 Å². The molecule has 0 saturated heterocycles. The van der Waals surface area contributed by atoms with Crippen LogP contribution in [-0.2, 0) is 13.0 Å². The van der Waals surface area contributed by atoms with Crippen molar-refractivity contribution in [2.75, 3.05) is 13.7 Å². The number of nitrogens with one attached hydrogen (secondary N) is 1. The van der Waals surface area contributed by atoms with Gasteiger partial charge in [0.25, 0.3) is 5.91 Å². The Bertz CT molecular complexity index is 915. The van der Waals surface area contributed by atoms with Gasteiger partial charge in [0.1, 0.15) is 11.6 Å². The first-order chi connectivity index (χ1) is 11.7. The molecule has 0 bridgehead atoms. The summed E-state index contributed by atoms with van der Waals surface area (Å²) in [4.78, 5) is 17.9. The number of ether oxygens (including phenoxy) is 1. The lowest BCUT2D eigenvalue weighted by molar-refractivity contribution is 0.0735. The predicted octanol–water partition coefficient (Wildman–Crippen LogP) is 3.51. The van der Waals surface area contributed by atoms with Crippen LogP contribution in [0.5, 0.6) is 5.75 Å². The second-order valence-corrected chi connectivity index (χ2v) is 5.98. The number of carbonyl (C=O) groups excluding carboxylic acids is 1. The van der Waals surface area contributed by atoms with Crippen LogP contribution >= 0.6 is 0 Å². The molecular weight excluding hydrogens is 307 g/mol. The maximum absolute atomic E-state index is 13.6. The lowest BCUT2D eigenvalue weighted by Gasteiger charge is -2.27. The van der Waals surface area contributed by atoms with Crippen LogP contribution in [0.25, 0.3) is 10.9 Å². The molecule has 0 radical (unpaired) electrons. The number of amides is 1. The SMILES string of the molecule is COc1ccc(C(=O)N2CCc3[nH]c4ccc(F)cc4c3C2)cc1. The summed E-state index contributed by atoms with van der Waals surface area (Å²) in [5.41, 5.74) is 3.65. The molecule has 1 amide bonds. The number of halogens is 1. The average molecular weight is 324 g/mol. The number of methoxy groups -OCH3 is 1. The van der Waals surface area contributed by atoms with Crippen molar-refractivity contribution in [2.24, 2.45) is 0 Å². The molecule has 0 fully saturated rings. The first-order valence-electron chi connectivity index (χ1n) is 7.88. The minimum atomic E-state index is -0.261. The molecular formula is C19H17FN2O2. The molecule has 122 valence electrons. The molecule has 2 aromatic carbocycles. The fraction of sp³-hybridized carbons (Fsp3) is 0.211. The summed E-state index contributed by atoms with van der Waals surface area (Å²) in [6.07, 6.45) is 0.744. The third-order valence-electron chi connectivity index (χ3n) is 4.56. The third-order valence-corrected chi connectivity index (χ3v) is 4.56. The fourth-order valence-electron chi connectivity index (χ4n) is 3.28. The number of fused-ring (bicyclic) bond motifs is 3. The summed E-state index contributed by atoms with van der Waals surface area (Å²) in [6.45, 7) is 1.14. The van der Waals surface area contributed by atoms with E-state index in [0.29, 0.717) is 18.7 Å². The number of H-pyrrole nitrogens is 1. The highest BCUT2D eigenvalue weighted by Gasteiger charge is 2.25. The Labute approximate surface area is 138 Å². The van der Waals surface area contributed by atoms with Crippen molar-refractivity contribution in [3.05, 3.63) is 65.1 Å². The first-order valence-corrected chi connectivity index (χ1v) is 7.88. The normalized spacial score (nSPS) is 13.8. The van der Waals surface area contributed by atoms with Gasteiger partial charge in [0, 0.05) is 47.2 Å². The molecule has 1 aromatic heterocycles. The molecule has 1 aliphatic heterocycles. The summed E-state index contributed by atoms with van der Waals surface area (Å²) < 4.78 is 18.7. The quantitative estimate of drug-likeness (QED) is 0.784. The van der Waals surface area contributed by atoms with Gasteiger partial charge in [0.15, 0.2) is 0 Å². The lowest BCUT2D eigenvalue weighted by atomic mass is 10.0. The molecule has 0 spiro atoms. The van der Waals surface area contributed by atoms with E-state index >= 15 is 0 Å². The Morgan fingerprint density at radius 3 is 2.75 bits per heavy atom. The fourth-order valence-corrected chi connectivity index (χ4v) is 3.28. The van der Waals surface area contributed by atoms with Gasteiger partial charge in [-0.2, -0.15) is 0 Å². The van der Waals surface area contributed by atoms with Crippen molar-refractivity contribution in [3.63, 3.8) is 0 Å². The maximum atomic E-state index is 13.6. The number of rotatable bonds is 2. The molecule has 5 heteroatoms. The number of aromatic amines is 1. The summed E-state index contributed by atoms with van der Waals surface area (Å²) in [7, 11) is 1.60. The minimum Gasteiger partial charge on any atom is -0.497 e. The van der Waals surface area contributed by atoms with Crippen LogP contribution in [0.3, 0.4) is 0 Å². The Morgan fingerprint density at radius 1 is 1.21 bits per heavy atom. The molecule has 0 unspecified atom stereocenters. The number of nitrogens with zero attached hydrogens (tertiary/aromatic N) is 1. The standard InChI is InChI=1S/C19H17FN2O2/c1-24-14-5-2-12(3-6-14)19(23)22-9-8-18-16(11-22)15-10-13(20)4-7-17(15)21-18/h2-7,10,21H,8-9,11H2,1H3. The lowest BCUT2D eigenvalue weighted by Crippen LogP contribution is -2.35. The number of aromatic nitrogens is 1. The van der Waals surface area contributed by atoms with Gasteiger partial charge in [-0.05, 0) is 42.5 Å². The molecule has 0 saturated carbocycles. The van der Waals surface area contributed by atoms with Crippen LogP contribution in [0.2, 0.25) is 0 Å². The van der Waals surface area contributed by atoms with E-state index in [1.165, 1.54) is 12.1 Å². The summed E-state index contributed by atoms with van der Waals surface area (Å²) in [5.74, 6) is 0.441. The molecule has 4 rings (SSSR count). The van der Waals surface area contributed by atoms with E-state index < -0.39 is 0 Å². The zero-order chi connectivity index (χ0) is 16.7. The summed E-state index contributed by atoms with van der Waals surface area (Å²) in [6, 6.07) is 11.8. The van der Waals surface area contributed by atoms with Crippen LogP contribution in [0.1, 0.15) is 21.6 Å². The first kappa shape index (κ1) is 14.8. The molecule has 0 atom stereocenters. The van der Waals surface area contributed by atoms with E-state index in [1.807, 2.05) is 4.90 Å². The molecule has 1 aliphatic rings. The van der Waals surface area contributed by atoms with Crippen molar-refractivity contribution in [1.29, 1.82) is 0 Å². The van der Waals surface area contributed by atoms with Gasteiger partial charge in [0.2, 0.25) is 0 Å². The molecule has 1 N–H and O–H groups in total. The Balaban J connectivity index is 1.64. The van der Waals surface area contributed by atoms with E-state index in [2.05, 4.69) is 4.98 Å². The Kier molecular flexibility index (Phi) is 3.49. The second kappa shape index (κ2) is 5.67. The van der Waals surface area contributed by atoms with Gasteiger partial charge in [-0.3, -0.25) is 4.79 Å². The van der Waals surface area contributed by atoms with E-state index in [4.69, 9.17) is 4.74 Å². The average Bonchev–Trinajstić information content (AvgIpc) is 2.98. The third kappa shape index (κ3) is 2.42. The second-order valence-electron chi connectivity index (χ2n) is 5.98. The number of hydrogen-bond acceptors (Lipinski definition) is 2. The van der Waals surface area contributed by atoms with Crippen molar-refractivity contribution >= 4 is 16.8 Å². The zero-order valence-electron chi connectivity index (χ0n) is 13.3. The molecule has 2 heterocycles. The number of hydrogen-bond donors (Lipinski definition) is 1. The molecule has 4 nitrogen and oxygen atoms in total. The Morgan fingerprint density at radius 2 is 2.00 bits per heavy atom. The van der Waals surface area contributed by atoms with Crippen molar-refractivity contribution in [3.8, 4) is 5.75 Å². The largest absolute Gasteiger partial charge is 0.497 e. The van der Waals surface area contributed by atoms with E-state index in [-0.39, 0.29) is 11.7 Å². The van der Waals surface area contributed by atoms with Crippen LogP contribution in [-0.4, -0.2) is 29.4 Å². The highest BCUT2D eigenvalue weighted by atomic mass is 19.1. The zero-order valence-corrected chi connectivity index (χ0v) is 13.3. The van der Waals surface area contributed by atoms with Gasteiger partial charge < -0.3 is 14.6 Å². The van der Waals surface area contributed by atoms with Crippen molar-refractivity contribution in [2.45, 2.75) is 13.0 Å². The van der Waals surface area contributed by atoms with Crippen molar-refractivity contribution < 1.29 is 13.9 Å². The molecule has 3 aromatic rings. The van der Waals surface area contributed by atoms with Crippen LogP contribution in [0.4, 0.5) is 4.39 Å². The van der Waals surface area contributed by atoms with Gasteiger partial charge in [0.05, 0.1) is 7.11 Å². The summed E-state index contributed by atoms with van der Waals surface area (Å²) in [5, 5.41) is 0.859. The minimum absolute atomic E-state index is 0.0194. The van der Waals surface area contributed by atoms with Crippen LogP contribution in [0, 0.1) is 5.82 Å². The van der Waals surface area contributed by atoms with E-state index in [0.717, 1.165) is 34.3 Å². The highest BCUT2D eigenvalue weighted by Crippen LogP contribution is 2.29. The van der Waals surface area contributed by atoms with Gasteiger partial charge in [-0.25, -0.2) is 4.39 Å². The van der Waals surface area contributed by atoms with Gasteiger partial charge >= 0.3 is 0 Å². The topological polar surface area (TPSA) is 45.3 Å². The van der Waals surface area contributed by atoms with Crippen LogP contribution in [0.15, 0.2) is 42.5 Å². The highest BCUT2D eigenvalue weighted by molar-refractivity contribution is 5.95. The number of carbonyl (C=O) groups is 1. The number of benzene rings is 2. The van der Waals surface area contributed by atoms with E-state index in [9.17, 15) is 9.18 Å². The monoisotopic (exact) mass is 324 g/mol. The maximum Gasteiger partial charge on any atom is 0.254 e. The van der Waals surface area contributed by atoms with E-state index in [1.54, 1.807) is 37.4 Å². The predicted molar refractivity (Wildman–Crippen MR) is 89.7 cm³/mol. The van der Waals surface area contributed by atoms with Crippen LogP contribution < -0.4 is 4.74 Å². The smallest absolute Gasteiger partial charge is 0.254 e. The van der Waals surface area contributed by atoms with Crippen molar-refractivity contribution in [1.82, 2.24) is 9.88 Å². The molecule has 24 heavy (non-hydrogen) atoms. The molecule has 0 aliphatic carbocycles. The summed E-state index contributed by atoms with van der Waals surface area (Å²) >= 11 is 0. The van der Waals surface area contributed by atoms with Gasteiger partial charge in [-0.15, -0.1) is 0 Å². The Hall–Kier alpha value is -2.82.